The number of ether oxygens (including phenoxy) is 1. The molecule has 2 amide bonds. The van der Waals surface area contributed by atoms with Gasteiger partial charge in [0.2, 0.25) is 5.91 Å². The van der Waals surface area contributed by atoms with Gasteiger partial charge in [0.1, 0.15) is 12.6 Å². The highest BCUT2D eigenvalue weighted by Crippen LogP contribution is 2.44. The van der Waals surface area contributed by atoms with Gasteiger partial charge in [0, 0.05) is 10.4 Å². The van der Waals surface area contributed by atoms with Crippen LogP contribution in [0.2, 0.25) is 5.02 Å². The third kappa shape index (κ3) is 5.24. The maximum Gasteiger partial charge on any atom is 0.407 e. The number of anilines is 1. The van der Waals surface area contributed by atoms with Crippen molar-refractivity contribution in [3.63, 3.8) is 0 Å². The van der Waals surface area contributed by atoms with Gasteiger partial charge in [0.05, 0.1) is 17.1 Å². The van der Waals surface area contributed by atoms with Crippen LogP contribution in [0.5, 0.6) is 0 Å². The number of benzene rings is 3. The molecule has 0 heterocycles. The van der Waals surface area contributed by atoms with Crippen LogP contribution in [0, 0.1) is 0 Å². The number of rotatable bonds is 7. The standard InChI is InChI=1S/C25H20BrClN2O5/c26-14-9-10-20(27)21(11-14)28-24(32)22(12-23(30)31)29-25(33)34-13-19-17-7-3-1-5-15(17)16-6-2-4-8-18(16)19/h1-11,19,22H,12-13H2,(H,28,32)(H,29,33)(H,30,31). The number of amides is 2. The summed E-state index contributed by atoms with van der Waals surface area (Å²) in [6, 6.07) is 19.3. The molecule has 0 saturated carbocycles. The van der Waals surface area contributed by atoms with E-state index in [0.717, 1.165) is 22.3 Å². The third-order valence-electron chi connectivity index (χ3n) is 5.52. The van der Waals surface area contributed by atoms with E-state index in [2.05, 4.69) is 26.6 Å². The average molecular weight is 544 g/mol. The van der Waals surface area contributed by atoms with E-state index < -0.39 is 30.4 Å². The van der Waals surface area contributed by atoms with Gasteiger partial charge in [0.15, 0.2) is 0 Å². The number of aliphatic carboxylic acids is 1. The Labute approximate surface area is 209 Å². The van der Waals surface area contributed by atoms with E-state index in [1.54, 1.807) is 18.2 Å². The zero-order valence-electron chi connectivity index (χ0n) is 17.8. The third-order valence-corrected chi connectivity index (χ3v) is 6.34. The molecule has 1 unspecified atom stereocenters. The molecule has 3 N–H and O–H groups in total. The summed E-state index contributed by atoms with van der Waals surface area (Å²) in [7, 11) is 0. The number of carbonyl (C=O) groups is 3. The highest BCUT2D eigenvalue weighted by molar-refractivity contribution is 9.10. The van der Waals surface area contributed by atoms with Crippen molar-refractivity contribution in [2.75, 3.05) is 11.9 Å². The highest BCUT2D eigenvalue weighted by atomic mass is 79.9. The molecule has 0 spiro atoms. The van der Waals surface area contributed by atoms with Crippen molar-refractivity contribution >= 4 is 51.2 Å². The summed E-state index contributed by atoms with van der Waals surface area (Å²) >= 11 is 9.38. The van der Waals surface area contributed by atoms with Crippen LogP contribution in [0.3, 0.4) is 0 Å². The largest absolute Gasteiger partial charge is 0.481 e. The molecule has 1 aliphatic rings. The second kappa shape index (κ2) is 10.3. The number of nitrogens with one attached hydrogen (secondary N) is 2. The summed E-state index contributed by atoms with van der Waals surface area (Å²) in [5.74, 6) is -2.14. The maximum absolute atomic E-state index is 12.7. The molecule has 9 heteroatoms. The molecule has 7 nitrogen and oxygen atoms in total. The molecule has 3 aromatic carbocycles. The zero-order valence-corrected chi connectivity index (χ0v) is 20.1. The molecule has 0 bridgehead atoms. The number of fused-ring (bicyclic) bond motifs is 3. The predicted octanol–water partition coefficient (Wildman–Crippen LogP) is 5.42. The summed E-state index contributed by atoms with van der Waals surface area (Å²) in [5.41, 5.74) is 4.54. The fourth-order valence-electron chi connectivity index (χ4n) is 3.98. The first kappa shape index (κ1) is 23.8. The highest BCUT2D eigenvalue weighted by Gasteiger charge is 2.30. The monoisotopic (exact) mass is 542 g/mol. The smallest absolute Gasteiger partial charge is 0.407 e. The van der Waals surface area contributed by atoms with Gasteiger partial charge in [-0.25, -0.2) is 4.79 Å². The minimum absolute atomic E-state index is 0.0404. The first-order valence-electron chi connectivity index (χ1n) is 10.4. The number of carboxylic acids is 1. The molecule has 0 aromatic heterocycles. The van der Waals surface area contributed by atoms with Crippen molar-refractivity contribution in [1.29, 1.82) is 0 Å². The van der Waals surface area contributed by atoms with Crippen molar-refractivity contribution in [3.8, 4) is 11.1 Å². The lowest BCUT2D eigenvalue weighted by atomic mass is 9.98. The van der Waals surface area contributed by atoms with Crippen LogP contribution < -0.4 is 10.6 Å². The van der Waals surface area contributed by atoms with E-state index in [1.807, 2.05) is 48.5 Å². The van der Waals surface area contributed by atoms with Crippen LogP contribution in [0.15, 0.2) is 71.2 Å². The number of halogens is 2. The van der Waals surface area contributed by atoms with Gasteiger partial charge < -0.3 is 20.5 Å². The summed E-state index contributed by atoms with van der Waals surface area (Å²) in [5, 5.41) is 14.4. The average Bonchev–Trinajstić information content (AvgIpc) is 3.13. The van der Waals surface area contributed by atoms with Crippen molar-refractivity contribution in [2.24, 2.45) is 0 Å². The van der Waals surface area contributed by atoms with E-state index >= 15 is 0 Å². The first-order chi connectivity index (χ1) is 16.3. The molecule has 1 atom stereocenters. The Bertz CT molecular complexity index is 1220. The fraction of sp³-hybridized carbons (Fsp3) is 0.160. The van der Waals surface area contributed by atoms with Crippen LogP contribution >= 0.6 is 27.5 Å². The van der Waals surface area contributed by atoms with Crippen LogP contribution in [-0.4, -0.2) is 35.7 Å². The molecule has 4 rings (SSSR count). The Morgan fingerprint density at radius 1 is 1.00 bits per heavy atom. The minimum Gasteiger partial charge on any atom is -0.481 e. The normalized spacial score (nSPS) is 12.9. The van der Waals surface area contributed by atoms with E-state index in [0.29, 0.717) is 4.47 Å². The van der Waals surface area contributed by atoms with Gasteiger partial charge >= 0.3 is 12.1 Å². The van der Waals surface area contributed by atoms with E-state index in [-0.39, 0.29) is 23.2 Å². The van der Waals surface area contributed by atoms with E-state index in [9.17, 15) is 19.5 Å². The molecule has 0 aliphatic heterocycles. The predicted molar refractivity (Wildman–Crippen MR) is 132 cm³/mol. The van der Waals surface area contributed by atoms with Crippen molar-refractivity contribution in [1.82, 2.24) is 5.32 Å². The molecule has 0 fully saturated rings. The summed E-state index contributed by atoms with van der Waals surface area (Å²) in [6.45, 7) is 0.0404. The second-order valence-corrected chi connectivity index (χ2v) is 9.06. The molecular formula is C25H20BrClN2O5. The van der Waals surface area contributed by atoms with Gasteiger partial charge in [-0.05, 0) is 40.5 Å². The second-order valence-electron chi connectivity index (χ2n) is 7.73. The van der Waals surface area contributed by atoms with E-state index in [1.165, 1.54) is 0 Å². The number of carboxylic acid groups (broad SMARTS) is 1. The molecule has 0 radical (unpaired) electrons. The lowest BCUT2D eigenvalue weighted by Gasteiger charge is -2.19. The lowest BCUT2D eigenvalue weighted by molar-refractivity contribution is -0.139. The van der Waals surface area contributed by atoms with Crippen molar-refractivity contribution in [3.05, 3.63) is 87.4 Å². The first-order valence-corrected chi connectivity index (χ1v) is 11.6. The van der Waals surface area contributed by atoms with Crippen molar-refractivity contribution in [2.45, 2.75) is 18.4 Å². The van der Waals surface area contributed by atoms with Gasteiger partial charge in [-0.1, -0.05) is 76.1 Å². The number of carbonyl (C=O) groups excluding carboxylic acids is 2. The Balaban J connectivity index is 1.44. The van der Waals surface area contributed by atoms with Crippen molar-refractivity contribution < 1.29 is 24.2 Å². The molecule has 1 aliphatic carbocycles. The molecular weight excluding hydrogens is 524 g/mol. The minimum atomic E-state index is -1.36. The lowest BCUT2D eigenvalue weighted by Crippen LogP contribution is -2.45. The molecule has 0 saturated heterocycles. The maximum atomic E-state index is 12.7. The summed E-state index contributed by atoms with van der Waals surface area (Å²) < 4.78 is 6.11. The van der Waals surface area contributed by atoms with Gasteiger partial charge in [-0.15, -0.1) is 0 Å². The summed E-state index contributed by atoms with van der Waals surface area (Å²) in [6.07, 6.45) is -1.51. The molecule has 174 valence electrons. The Morgan fingerprint density at radius 2 is 1.62 bits per heavy atom. The van der Waals surface area contributed by atoms with Crippen LogP contribution in [0.1, 0.15) is 23.5 Å². The van der Waals surface area contributed by atoms with Gasteiger partial charge in [0.25, 0.3) is 0 Å². The molecule has 34 heavy (non-hydrogen) atoms. The zero-order chi connectivity index (χ0) is 24.2. The number of hydrogen-bond donors (Lipinski definition) is 3. The summed E-state index contributed by atoms with van der Waals surface area (Å²) in [4.78, 5) is 36.6. The Morgan fingerprint density at radius 3 is 2.24 bits per heavy atom. The van der Waals surface area contributed by atoms with Gasteiger partial charge in [-0.2, -0.15) is 0 Å². The Hall–Kier alpha value is -3.36. The topological polar surface area (TPSA) is 105 Å². The van der Waals surface area contributed by atoms with Crippen LogP contribution in [0.25, 0.3) is 11.1 Å². The van der Waals surface area contributed by atoms with E-state index in [4.69, 9.17) is 16.3 Å². The quantitative estimate of drug-likeness (QED) is 0.369. The van der Waals surface area contributed by atoms with Crippen LogP contribution in [0.4, 0.5) is 10.5 Å². The number of hydrogen-bond acceptors (Lipinski definition) is 4. The SMILES string of the molecule is O=C(O)CC(NC(=O)OCC1c2ccccc2-c2ccccc21)C(=O)Nc1cc(Br)ccc1Cl. The van der Waals surface area contributed by atoms with Crippen LogP contribution in [-0.2, 0) is 14.3 Å². The number of alkyl carbamates (subject to hydrolysis) is 1. The van der Waals surface area contributed by atoms with Gasteiger partial charge in [-0.3, -0.25) is 9.59 Å². The Kier molecular flexibility index (Phi) is 7.19. The fourth-order valence-corrected chi connectivity index (χ4v) is 4.51. The molecule has 3 aromatic rings.